The average Bonchev–Trinajstić information content (AvgIpc) is 3.43. The van der Waals surface area contributed by atoms with Crippen LogP contribution in [0.25, 0.3) is 0 Å². The SMILES string of the molecule is CC/C=C\C/C=C\C/C=C\C/C=C\C/C=C\C/C=C\C/C=C\C/C=C\C/C=C\C/C=C\CCCCC(=O)OCC(COC(=O)CCCCCCC/C=C\CCCCCC)OC(=O)CC/C=C\C/C=C\C/C=C\C/C=C\CC. The van der Waals surface area contributed by atoms with E-state index in [9.17, 15) is 14.4 Å². The van der Waals surface area contributed by atoms with Gasteiger partial charge >= 0.3 is 17.9 Å². The quantitative estimate of drug-likeness (QED) is 0.0261. The van der Waals surface area contributed by atoms with Crippen LogP contribution in [-0.4, -0.2) is 37.2 Å². The van der Waals surface area contributed by atoms with Crippen LogP contribution in [0, 0.1) is 0 Å². The average molecular weight is 1060 g/mol. The fourth-order valence-corrected chi connectivity index (χ4v) is 7.42. The molecule has 0 amide bonds. The molecular formula is C71H108O6. The van der Waals surface area contributed by atoms with Gasteiger partial charge in [0, 0.05) is 19.3 Å². The highest BCUT2D eigenvalue weighted by Gasteiger charge is 2.19. The molecule has 0 spiro atoms. The van der Waals surface area contributed by atoms with Crippen molar-refractivity contribution in [3.05, 3.63) is 182 Å². The smallest absolute Gasteiger partial charge is 0.306 e. The summed E-state index contributed by atoms with van der Waals surface area (Å²) in [7, 11) is 0. The zero-order valence-corrected chi connectivity index (χ0v) is 48.9. The highest BCUT2D eigenvalue weighted by Crippen LogP contribution is 2.12. The molecule has 6 heteroatoms. The van der Waals surface area contributed by atoms with E-state index in [2.05, 4.69) is 191 Å². The van der Waals surface area contributed by atoms with Gasteiger partial charge in [-0.25, -0.2) is 0 Å². The van der Waals surface area contributed by atoms with Crippen molar-refractivity contribution >= 4 is 17.9 Å². The van der Waals surface area contributed by atoms with E-state index in [1.165, 1.54) is 38.5 Å². The summed E-state index contributed by atoms with van der Waals surface area (Å²) in [6.07, 6.45) is 94.9. The Bertz CT molecular complexity index is 1840. The van der Waals surface area contributed by atoms with Gasteiger partial charge in [0.05, 0.1) is 0 Å². The number of rotatable bonds is 52. The molecule has 0 aliphatic carbocycles. The van der Waals surface area contributed by atoms with Gasteiger partial charge < -0.3 is 14.2 Å². The minimum absolute atomic E-state index is 0.133. The van der Waals surface area contributed by atoms with Gasteiger partial charge in [-0.1, -0.05) is 242 Å². The van der Waals surface area contributed by atoms with Gasteiger partial charge in [-0.2, -0.15) is 0 Å². The van der Waals surface area contributed by atoms with E-state index >= 15 is 0 Å². The third-order valence-electron chi connectivity index (χ3n) is 11.9. The molecule has 0 saturated carbocycles. The molecular weight excluding hydrogens is 949 g/mol. The normalized spacial score (nSPS) is 13.4. The number of allylic oxidation sites excluding steroid dienone is 30. The van der Waals surface area contributed by atoms with Crippen molar-refractivity contribution in [3.8, 4) is 0 Å². The van der Waals surface area contributed by atoms with Crippen LogP contribution < -0.4 is 0 Å². The van der Waals surface area contributed by atoms with E-state index in [1.807, 2.05) is 12.2 Å². The summed E-state index contributed by atoms with van der Waals surface area (Å²) < 4.78 is 16.7. The van der Waals surface area contributed by atoms with E-state index in [4.69, 9.17) is 14.2 Å². The van der Waals surface area contributed by atoms with Crippen molar-refractivity contribution in [2.45, 2.75) is 232 Å². The fourth-order valence-electron chi connectivity index (χ4n) is 7.42. The zero-order chi connectivity index (χ0) is 55.7. The van der Waals surface area contributed by atoms with E-state index in [0.717, 1.165) is 135 Å². The van der Waals surface area contributed by atoms with Crippen molar-refractivity contribution in [1.82, 2.24) is 0 Å². The highest BCUT2D eigenvalue weighted by molar-refractivity contribution is 5.71. The topological polar surface area (TPSA) is 78.9 Å². The third-order valence-corrected chi connectivity index (χ3v) is 11.9. The zero-order valence-electron chi connectivity index (χ0n) is 48.9. The summed E-state index contributed by atoms with van der Waals surface area (Å²) in [5, 5.41) is 0. The maximum atomic E-state index is 12.8. The van der Waals surface area contributed by atoms with Crippen molar-refractivity contribution in [2.24, 2.45) is 0 Å². The summed E-state index contributed by atoms with van der Waals surface area (Å²) in [5.74, 6) is -1.08. The summed E-state index contributed by atoms with van der Waals surface area (Å²) in [4.78, 5) is 38.1. The van der Waals surface area contributed by atoms with Crippen LogP contribution in [-0.2, 0) is 28.6 Å². The van der Waals surface area contributed by atoms with Gasteiger partial charge in [-0.15, -0.1) is 0 Å². The monoisotopic (exact) mass is 1060 g/mol. The number of esters is 3. The Hall–Kier alpha value is -5.49. The summed E-state index contributed by atoms with van der Waals surface area (Å²) in [6.45, 7) is 6.26. The van der Waals surface area contributed by atoms with Gasteiger partial charge in [0.15, 0.2) is 6.10 Å². The van der Waals surface area contributed by atoms with Gasteiger partial charge in [-0.05, 0) is 148 Å². The second-order valence-corrected chi connectivity index (χ2v) is 19.1. The molecule has 0 bridgehead atoms. The first-order valence-electron chi connectivity index (χ1n) is 30.3. The lowest BCUT2D eigenvalue weighted by Crippen LogP contribution is -2.30. The predicted octanol–water partition coefficient (Wildman–Crippen LogP) is 20.9. The van der Waals surface area contributed by atoms with Crippen LogP contribution in [0.2, 0.25) is 0 Å². The third kappa shape index (κ3) is 61.2. The van der Waals surface area contributed by atoms with Crippen LogP contribution in [0.15, 0.2) is 182 Å². The van der Waals surface area contributed by atoms with Crippen LogP contribution in [0.4, 0.5) is 0 Å². The van der Waals surface area contributed by atoms with Gasteiger partial charge in [0.2, 0.25) is 0 Å². The lowest BCUT2D eigenvalue weighted by atomic mass is 10.1. The molecule has 1 atom stereocenters. The molecule has 0 aliphatic rings. The molecule has 0 aromatic carbocycles. The second-order valence-electron chi connectivity index (χ2n) is 19.1. The Morgan fingerprint density at radius 1 is 0.273 bits per heavy atom. The van der Waals surface area contributed by atoms with E-state index < -0.39 is 12.1 Å². The van der Waals surface area contributed by atoms with Crippen LogP contribution in [0.5, 0.6) is 0 Å². The number of hydrogen-bond donors (Lipinski definition) is 0. The summed E-state index contributed by atoms with van der Waals surface area (Å²) in [6, 6.07) is 0. The molecule has 428 valence electrons. The molecule has 0 fully saturated rings. The minimum Gasteiger partial charge on any atom is -0.462 e. The molecule has 0 radical (unpaired) electrons. The Labute approximate surface area is 472 Å². The molecule has 77 heavy (non-hydrogen) atoms. The van der Waals surface area contributed by atoms with Crippen molar-refractivity contribution in [3.63, 3.8) is 0 Å². The number of unbranched alkanes of at least 4 members (excludes halogenated alkanes) is 11. The molecule has 6 nitrogen and oxygen atoms in total. The Morgan fingerprint density at radius 3 is 0.883 bits per heavy atom. The van der Waals surface area contributed by atoms with Crippen LogP contribution in [0.1, 0.15) is 226 Å². The Kier molecular flexibility index (Phi) is 58.6. The molecule has 0 saturated heterocycles. The van der Waals surface area contributed by atoms with Gasteiger partial charge in [0.25, 0.3) is 0 Å². The Balaban J connectivity index is 4.42. The second kappa shape index (κ2) is 63.0. The van der Waals surface area contributed by atoms with E-state index in [-0.39, 0.29) is 38.0 Å². The predicted molar refractivity (Wildman–Crippen MR) is 334 cm³/mol. The number of ether oxygens (including phenoxy) is 3. The lowest BCUT2D eigenvalue weighted by Gasteiger charge is -2.18. The largest absolute Gasteiger partial charge is 0.462 e. The van der Waals surface area contributed by atoms with Crippen LogP contribution in [0.3, 0.4) is 0 Å². The lowest BCUT2D eigenvalue weighted by molar-refractivity contribution is -0.166. The van der Waals surface area contributed by atoms with E-state index in [0.29, 0.717) is 19.3 Å². The van der Waals surface area contributed by atoms with Gasteiger partial charge in [-0.3, -0.25) is 14.4 Å². The molecule has 0 aromatic heterocycles. The number of hydrogen-bond acceptors (Lipinski definition) is 6. The highest BCUT2D eigenvalue weighted by atomic mass is 16.6. The summed E-state index contributed by atoms with van der Waals surface area (Å²) >= 11 is 0. The first-order valence-corrected chi connectivity index (χ1v) is 30.3. The number of carbonyl (C=O) groups excluding carboxylic acids is 3. The molecule has 0 heterocycles. The van der Waals surface area contributed by atoms with Crippen molar-refractivity contribution in [1.29, 1.82) is 0 Å². The molecule has 0 N–H and O–H groups in total. The first kappa shape index (κ1) is 71.5. The van der Waals surface area contributed by atoms with E-state index in [1.54, 1.807) is 0 Å². The van der Waals surface area contributed by atoms with Crippen molar-refractivity contribution < 1.29 is 28.6 Å². The summed E-state index contributed by atoms with van der Waals surface area (Å²) in [5.41, 5.74) is 0. The standard InChI is InChI=1S/C71H108O6/c1-4-7-10-13-16-19-22-25-26-27-28-29-30-31-32-33-34-35-36-37-38-39-40-41-42-43-44-47-49-52-55-58-61-64-70(73)76-67-68(77-71(74)65-62-59-56-53-50-46-24-21-18-15-12-9-6-3)66-75-69(72)63-60-57-54-51-48-45-23-20-17-14-11-8-5-2/h7,9-10,12,16,18-21,23,25-26,28-29,31-32,34-35,37-38,40-41,43-44,46,49-50,52,56,59,68H,4-6,8,11,13-15,17,22,24,27,30,33,36,39,42,45,47-48,51,53-55,57-58,60-67H2,1-3H3/b10-7-,12-9-,19-16-,21-18-,23-20-,26-25-,29-28-,32-31-,35-34-,38-37-,41-40-,44-43-,50-46-,52-49-,59-56-. The van der Waals surface area contributed by atoms with Crippen LogP contribution >= 0.6 is 0 Å². The molecule has 0 aliphatic heterocycles. The van der Waals surface area contributed by atoms with Crippen molar-refractivity contribution in [2.75, 3.05) is 13.2 Å². The minimum atomic E-state index is -0.847. The molecule has 1 unspecified atom stereocenters. The number of carbonyl (C=O) groups is 3. The maximum absolute atomic E-state index is 12.8. The van der Waals surface area contributed by atoms with Gasteiger partial charge in [0.1, 0.15) is 13.2 Å². The first-order chi connectivity index (χ1) is 38.0. The molecule has 0 rings (SSSR count). The fraction of sp³-hybridized carbons (Fsp3) is 0.535. The maximum Gasteiger partial charge on any atom is 0.306 e. The molecule has 0 aromatic rings. The Morgan fingerprint density at radius 2 is 0.532 bits per heavy atom.